The van der Waals surface area contributed by atoms with Crippen LogP contribution in [0.4, 0.5) is 10.5 Å². The number of tetrazole rings is 1. The normalized spacial score (nSPS) is 16.9. The first-order valence-electron chi connectivity index (χ1n) is 16.9. The molecule has 0 radical (unpaired) electrons. The molecule has 260 valence electrons. The fourth-order valence-corrected chi connectivity index (χ4v) is 6.56. The van der Waals surface area contributed by atoms with E-state index in [1.165, 1.54) is 0 Å². The third kappa shape index (κ3) is 7.99. The number of aromatic nitrogens is 6. The number of rotatable bonds is 10. The van der Waals surface area contributed by atoms with Crippen LogP contribution < -0.4 is 16.0 Å². The van der Waals surface area contributed by atoms with Crippen LogP contribution in [0.2, 0.25) is 0 Å². The summed E-state index contributed by atoms with van der Waals surface area (Å²) in [5.41, 5.74) is 11.7. The molecule has 1 fully saturated rings. The van der Waals surface area contributed by atoms with Gasteiger partial charge in [0, 0.05) is 37.2 Å². The summed E-state index contributed by atoms with van der Waals surface area (Å²) in [4.78, 5) is 45.8. The van der Waals surface area contributed by atoms with Crippen LogP contribution >= 0.6 is 0 Å². The van der Waals surface area contributed by atoms with E-state index in [0.29, 0.717) is 36.5 Å². The zero-order chi connectivity index (χ0) is 35.4. The van der Waals surface area contributed by atoms with E-state index in [-0.39, 0.29) is 24.2 Å². The van der Waals surface area contributed by atoms with Crippen molar-refractivity contribution in [2.75, 3.05) is 11.4 Å². The number of amides is 3. The highest BCUT2D eigenvalue weighted by Crippen LogP contribution is 2.33. The maximum Gasteiger partial charge on any atom is 0.407 e. The number of carbonyl (C=O) groups is 3. The lowest BCUT2D eigenvalue weighted by molar-refractivity contribution is -0.127. The Balaban J connectivity index is 1.20. The van der Waals surface area contributed by atoms with E-state index in [4.69, 9.17) is 10.5 Å². The molecule has 0 bridgehead atoms. The van der Waals surface area contributed by atoms with Gasteiger partial charge in [0.15, 0.2) is 0 Å². The third-order valence-corrected chi connectivity index (χ3v) is 9.20. The summed E-state index contributed by atoms with van der Waals surface area (Å²) in [5.74, 6) is -0.421. The first kappa shape index (κ1) is 34.3. The fourth-order valence-electron chi connectivity index (χ4n) is 6.56. The Labute approximate surface area is 290 Å². The number of anilines is 1. The average molecular weight is 678 g/mol. The van der Waals surface area contributed by atoms with Gasteiger partial charge in [-0.2, -0.15) is 5.21 Å². The van der Waals surface area contributed by atoms with Crippen LogP contribution in [0.1, 0.15) is 52.0 Å². The van der Waals surface area contributed by atoms with E-state index in [0.717, 1.165) is 40.6 Å². The Bertz CT molecular complexity index is 1940. The minimum atomic E-state index is -0.930. The Morgan fingerprint density at radius 3 is 2.30 bits per heavy atom. The fraction of sp³-hybridized carbons (Fsp3) is 0.378. The van der Waals surface area contributed by atoms with Crippen molar-refractivity contribution in [2.45, 2.75) is 64.5 Å². The van der Waals surface area contributed by atoms with Gasteiger partial charge in [0.05, 0.1) is 17.4 Å². The topological polar surface area (TPSA) is 174 Å². The summed E-state index contributed by atoms with van der Waals surface area (Å²) in [6, 6.07) is 20.4. The molecule has 50 heavy (non-hydrogen) atoms. The number of hydrogen-bond donors (Lipinski definition) is 3. The number of imidazole rings is 1. The smallest absolute Gasteiger partial charge is 0.407 e. The zero-order valence-electron chi connectivity index (χ0n) is 28.8. The largest absolute Gasteiger partial charge is 0.444 e. The number of carbonyl (C=O) groups excluding carboxylic acids is 3. The van der Waals surface area contributed by atoms with Gasteiger partial charge in [-0.15, -0.1) is 10.2 Å². The summed E-state index contributed by atoms with van der Waals surface area (Å²) in [5, 5.41) is 17.0. The van der Waals surface area contributed by atoms with Gasteiger partial charge in [-0.1, -0.05) is 30.3 Å². The Hall–Kier alpha value is -5.59. The quantitative estimate of drug-likeness (QED) is 0.181. The van der Waals surface area contributed by atoms with Crippen molar-refractivity contribution < 1.29 is 19.1 Å². The molecule has 1 atom stereocenters. The lowest BCUT2D eigenvalue weighted by Crippen LogP contribution is -2.52. The Morgan fingerprint density at radius 1 is 0.980 bits per heavy atom. The van der Waals surface area contributed by atoms with Gasteiger partial charge in [0.2, 0.25) is 17.6 Å². The first-order chi connectivity index (χ1) is 23.9. The number of ether oxygens (including phenoxy) is 1. The van der Waals surface area contributed by atoms with Crippen molar-refractivity contribution >= 4 is 34.6 Å². The molecule has 0 aliphatic heterocycles. The van der Waals surface area contributed by atoms with Gasteiger partial charge in [-0.3, -0.25) is 14.5 Å². The molecule has 0 unspecified atom stereocenters. The number of H-pyrrole nitrogens is 1. The monoisotopic (exact) mass is 677 g/mol. The van der Waals surface area contributed by atoms with Gasteiger partial charge in [0.1, 0.15) is 11.6 Å². The van der Waals surface area contributed by atoms with Crippen LogP contribution in [-0.2, 0) is 27.8 Å². The highest BCUT2D eigenvalue weighted by molar-refractivity contribution is 6.02. The molecule has 0 saturated heterocycles. The van der Waals surface area contributed by atoms with Crippen molar-refractivity contribution in [3.8, 4) is 22.5 Å². The molecule has 13 nitrogen and oxygen atoms in total. The van der Waals surface area contributed by atoms with E-state index < -0.39 is 23.6 Å². The van der Waals surface area contributed by atoms with Crippen LogP contribution in [0.3, 0.4) is 0 Å². The minimum Gasteiger partial charge on any atom is -0.444 e. The van der Waals surface area contributed by atoms with Crippen LogP contribution in [0.5, 0.6) is 0 Å². The number of primary amides is 1. The molecular weight excluding hydrogens is 634 g/mol. The molecule has 13 heteroatoms. The molecule has 1 aliphatic carbocycles. The molecule has 6 rings (SSSR count). The molecule has 3 amide bonds. The number of nitrogens with one attached hydrogen (secondary N) is 2. The zero-order valence-corrected chi connectivity index (χ0v) is 28.8. The number of nitrogens with zero attached hydrogens (tertiary/aromatic N) is 6. The van der Waals surface area contributed by atoms with Crippen LogP contribution in [0.15, 0.2) is 73.1 Å². The standard InChI is InChI=1S/C37H43N9O4/c1-37(2,3)50-36(49)39-21-24-7-11-27(12-8-24)35(48)46(29-16-13-26(14-17-29)34-41-43-44-42-34)32(33(38)47)19-23-5-9-25(10-6-23)28-15-18-31-30(20-28)40-22-45(31)4/h5-6,9-10,13-18,20,22,24,27,32H,7-8,11-12,19,21H2,1-4H3,(H2,38,47)(H,39,49)(H,41,42,43,44)/t24?,27?,32-/m0/s1. The molecule has 2 aromatic heterocycles. The Kier molecular flexibility index (Phi) is 9.93. The number of aromatic amines is 1. The second-order valence-corrected chi connectivity index (χ2v) is 14.0. The second kappa shape index (κ2) is 14.5. The average Bonchev–Trinajstić information content (AvgIpc) is 3.77. The molecular formula is C37H43N9O4. The van der Waals surface area contributed by atoms with Gasteiger partial charge in [-0.05, 0) is 111 Å². The molecule has 5 aromatic rings. The Morgan fingerprint density at radius 2 is 1.66 bits per heavy atom. The van der Waals surface area contributed by atoms with Gasteiger partial charge >= 0.3 is 6.09 Å². The number of hydrogen-bond acceptors (Lipinski definition) is 8. The van der Waals surface area contributed by atoms with Gasteiger partial charge < -0.3 is 20.4 Å². The first-order valence-corrected chi connectivity index (χ1v) is 16.9. The third-order valence-electron chi connectivity index (χ3n) is 9.20. The maximum absolute atomic E-state index is 14.4. The lowest BCUT2D eigenvalue weighted by atomic mass is 9.81. The molecule has 0 spiro atoms. The van der Waals surface area contributed by atoms with Crippen molar-refractivity contribution in [3.63, 3.8) is 0 Å². The van der Waals surface area contributed by atoms with Crippen LogP contribution in [0.25, 0.3) is 33.5 Å². The van der Waals surface area contributed by atoms with Crippen molar-refractivity contribution in [1.29, 1.82) is 0 Å². The molecule has 1 saturated carbocycles. The number of fused-ring (bicyclic) bond motifs is 1. The number of nitrogens with two attached hydrogens (primary N) is 1. The van der Waals surface area contributed by atoms with Crippen LogP contribution in [-0.4, -0.2) is 66.3 Å². The number of aryl methyl sites for hydroxylation is 1. The highest BCUT2D eigenvalue weighted by Gasteiger charge is 2.36. The SMILES string of the molecule is Cn1cnc2cc(-c3ccc(C[C@@H](C(N)=O)N(C(=O)C4CCC(CNC(=O)OC(C)(C)C)CC4)c4ccc(-c5nn[nH]n5)cc4)cc3)ccc21. The summed E-state index contributed by atoms with van der Waals surface area (Å²) < 4.78 is 7.35. The molecule has 1 aliphatic rings. The predicted octanol–water partition coefficient (Wildman–Crippen LogP) is 5.18. The highest BCUT2D eigenvalue weighted by atomic mass is 16.6. The summed E-state index contributed by atoms with van der Waals surface area (Å²) in [6.07, 6.45) is 4.34. The van der Waals surface area contributed by atoms with Crippen molar-refractivity contribution in [3.05, 3.63) is 78.6 Å². The maximum atomic E-state index is 14.4. The summed E-state index contributed by atoms with van der Waals surface area (Å²) >= 11 is 0. The van der Waals surface area contributed by atoms with Crippen molar-refractivity contribution in [2.24, 2.45) is 24.6 Å². The number of benzene rings is 3. The van der Waals surface area contributed by atoms with E-state index in [9.17, 15) is 14.4 Å². The van der Waals surface area contributed by atoms with E-state index in [2.05, 4.69) is 43.1 Å². The van der Waals surface area contributed by atoms with E-state index >= 15 is 0 Å². The van der Waals surface area contributed by atoms with E-state index in [1.807, 2.05) is 62.7 Å². The second-order valence-electron chi connectivity index (χ2n) is 14.0. The van der Waals surface area contributed by atoms with Gasteiger partial charge in [-0.25, -0.2) is 9.78 Å². The van der Waals surface area contributed by atoms with Gasteiger partial charge in [0.25, 0.3) is 0 Å². The molecule has 2 heterocycles. The van der Waals surface area contributed by atoms with Crippen LogP contribution in [0, 0.1) is 11.8 Å². The summed E-state index contributed by atoms with van der Waals surface area (Å²) in [7, 11) is 1.97. The lowest BCUT2D eigenvalue weighted by Gasteiger charge is -2.36. The molecule has 4 N–H and O–H groups in total. The summed E-state index contributed by atoms with van der Waals surface area (Å²) in [6.45, 7) is 5.96. The van der Waals surface area contributed by atoms with Crippen molar-refractivity contribution in [1.82, 2.24) is 35.5 Å². The predicted molar refractivity (Wildman–Crippen MR) is 190 cm³/mol. The number of alkyl carbamates (subject to hydrolysis) is 1. The molecule has 3 aromatic carbocycles. The van der Waals surface area contributed by atoms with E-state index in [1.54, 1.807) is 35.5 Å². The minimum absolute atomic E-state index is 0.153.